The lowest BCUT2D eigenvalue weighted by Gasteiger charge is -2.18. The second-order valence-electron chi connectivity index (χ2n) is 10.4. The molecule has 0 bridgehead atoms. The van der Waals surface area contributed by atoms with Crippen molar-refractivity contribution in [3.05, 3.63) is 64.7 Å². The molecule has 264 valence electrons. The van der Waals surface area contributed by atoms with Crippen LogP contribution in [0.4, 0.5) is 0 Å². The molecule has 0 aromatic heterocycles. The van der Waals surface area contributed by atoms with Gasteiger partial charge in [-0.15, -0.1) is 0 Å². The Morgan fingerprint density at radius 2 is 1.45 bits per heavy atom. The summed E-state index contributed by atoms with van der Waals surface area (Å²) in [5.41, 5.74) is 30.5. The minimum Gasteiger partial charge on any atom is -0.508 e. The van der Waals surface area contributed by atoms with Gasteiger partial charge in [0, 0.05) is 6.54 Å². The van der Waals surface area contributed by atoms with E-state index in [1.165, 1.54) is 22.3 Å². The fourth-order valence-corrected chi connectivity index (χ4v) is 3.86. The summed E-state index contributed by atoms with van der Waals surface area (Å²) in [4.78, 5) is 48.9. The average Bonchev–Trinajstić information content (AvgIpc) is 3.02. The Balaban J connectivity index is 0. The lowest BCUT2D eigenvalue weighted by molar-refractivity contribution is -0.130. The van der Waals surface area contributed by atoms with Crippen LogP contribution in [0.15, 0.2) is 47.5 Å². The first-order valence-corrected chi connectivity index (χ1v) is 15.6. The fourth-order valence-electron chi connectivity index (χ4n) is 3.86. The van der Waals surface area contributed by atoms with Crippen molar-refractivity contribution in [2.24, 2.45) is 33.7 Å². The summed E-state index contributed by atoms with van der Waals surface area (Å²) < 4.78 is 0. The number of benzene rings is 2. The number of aryl methyl sites for hydroxylation is 3. The van der Waals surface area contributed by atoms with Crippen LogP contribution in [0.2, 0.25) is 0 Å². The van der Waals surface area contributed by atoms with Gasteiger partial charge in [0.2, 0.25) is 23.6 Å². The van der Waals surface area contributed by atoms with Gasteiger partial charge >= 0.3 is 0 Å². The normalized spacial score (nSPS) is 10.2. The molecule has 2 rings (SSSR count). The third-order valence-electron chi connectivity index (χ3n) is 6.16. The molecule has 0 aliphatic carbocycles. The molecule has 2 aromatic rings. The van der Waals surface area contributed by atoms with E-state index in [1.807, 2.05) is 51.1 Å². The van der Waals surface area contributed by atoms with Crippen LogP contribution >= 0.6 is 0 Å². The summed E-state index contributed by atoms with van der Waals surface area (Å²) in [6.45, 7) is 10.7. The summed E-state index contributed by atoms with van der Waals surface area (Å²) >= 11 is 0. The van der Waals surface area contributed by atoms with Crippen LogP contribution in [0.25, 0.3) is 0 Å². The first kappa shape index (κ1) is 44.4. The predicted octanol–water partition coefficient (Wildman–Crippen LogP) is 0.513. The van der Waals surface area contributed by atoms with Gasteiger partial charge < -0.3 is 49.7 Å². The lowest BCUT2D eigenvalue weighted by Crippen LogP contribution is -2.51. The standard InChI is InChI=1S/C12H24N6O4.C10H14O.C7H8.C4H11N3/c13-4-2-1-3-8(12(22)17-6-9(15)19)18-11(21)7-16-10(20)5-14;1-4-10-7(2)5-9(11)6-8(10)3;1-7-5-3-2-4-6-7;1-2-3-7-4(5)6/h8H,1-7,13-14H2,(H2,15,19)(H,16,20)(H,17,22)(H,18,21);5-6,11H,4H2,1-3H3;2-6H,1H3;2-3H2,1H3,(H4,5,6,7). The molecule has 0 radical (unpaired) electrons. The van der Waals surface area contributed by atoms with Gasteiger partial charge in [0.1, 0.15) is 11.8 Å². The van der Waals surface area contributed by atoms with E-state index in [0.29, 0.717) is 31.6 Å². The predicted molar refractivity (Wildman–Crippen MR) is 188 cm³/mol. The number of nitrogens with one attached hydrogen (secondary N) is 3. The summed E-state index contributed by atoms with van der Waals surface area (Å²) in [5.74, 6) is -1.66. The van der Waals surface area contributed by atoms with Gasteiger partial charge in [-0.1, -0.05) is 49.7 Å². The monoisotopic (exact) mass is 659 g/mol. The van der Waals surface area contributed by atoms with Crippen molar-refractivity contribution in [1.29, 1.82) is 0 Å². The number of unbranched alkanes of at least 4 members (excludes halogenated alkanes) is 1. The molecule has 0 aliphatic heterocycles. The van der Waals surface area contributed by atoms with Crippen molar-refractivity contribution in [3.63, 3.8) is 0 Å². The molecule has 14 nitrogen and oxygen atoms in total. The third-order valence-corrected chi connectivity index (χ3v) is 6.16. The van der Waals surface area contributed by atoms with E-state index in [1.54, 1.807) is 0 Å². The van der Waals surface area contributed by atoms with Gasteiger partial charge in [-0.05, 0) is 88.2 Å². The number of phenols is 1. The zero-order chi connectivity index (χ0) is 36.2. The molecular formula is C33H57N9O5. The number of primary amides is 1. The number of hydrogen-bond acceptors (Lipinski definition) is 8. The van der Waals surface area contributed by atoms with Crippen molar-refractivity contribution in [1.82, 2.24) is 16.0 Å². The summed E-state index contributed by atoms with van der Waals surface area (Å²) in [6.07, 6.45) is 3.72. The molecule has 0 heterocycles. The molecule has 14 heteroatoms. The van der Waals surface area contributed by atoms with E-state index in [9.17, 15) is 24.3 Å². The highest BCUT2D eigenvalue weighted by molar-refractivity contribution is 5.91. The number of rotatable bonds is 14. The molecule has 0 fully saturated rings. The maximum Gasteiger partial charge on any atom is 0.243 e. The van der Waals surface area contributed by atoms with Gasteiger partial charge in [-0.3, -0.25) is 24.2 Å². The highest BCUT2D eigenvalue weighted by atomic mass is 16.3. The van der Waals surface area contributed by atoms with E-state index in [2.05, 4.69) is 46.9 Å². The number of phenolic OH excluding ortho intramolecular Hbond substituents is 1. The second kappa shape index (κ2) is 27.6. The van der Waals surface area contributed by atoms with Crippen molar-refractivity contribution < 1.29 is 24.3 Å². The first-order chi connectivity index (χ1) is 22.2. The SMILES string of the molecule is CCCN=C(N)N.CCc1c(C)cc(O)cc1C.Cc1ccccc1.NCCCCC(NC(=O)CNC(=O)CN)C(=O)NCC(N)=O. The topological polar surface area (TPSA) is 267 Å². The average molecular weight is 660 g/mol. The molecule has 4 amide bonds. The molecule has 14 N–H and O–H groups in total. The second-order valence-corrected chi connectivity index (χ2v) is 10.4. The molecule has 0 aliphatic rings. The maximum atomic E-state index is 11.9. The van der Waals surface area contributed by atoms with E-state index in [4.69, 9.17) is 28.7 Å². The van der Waals surface area contributed by atoms with E-state index in [-0.39, 0.29) is 25.6 Å². The molecule has 0 saturated carbocycles. The van der Waals surface area contributed by atoms with Gasteiger partial charge in [-0.25, -0.2) is 0 Å². The lowest BCUT2D eigenvalue weighted by atomic mass is 10.0. The molecule has 1 atom stereocenters. The number of hydrogen-bond donors (Lipinski definition) is 9. The van der Waals surface area contributed by atoms with Gasteiger partial charge in [0.05, 0.1) is 19.6 Å². The summed E-state index contributed by atoms with van der Waals surface area (Å²) in [7, 11) is 0. The van der Waals surface area contributed by atoms with E-state index >= 15 is 0 Å². The van der Waals surface area contributed by atoms with Crippen molar-refractivity contribution in [2.75, 3.05) is 32.7 Å². The maximum absolute atomic E-state index is 11.9. The number of guanidine groups is 1. The number of carbonyl (C=O) groups is 4. The molecule has 0 spiro atoms. The van der Waals surface area contributed by atoms with Crippen LogP contribution < -0.4 is 44.6 Å². The molecule has 47 heavy (non-hydrogen) atoms. The number of carbonyl (C=O) groups excluding carboxylic acids is 4. The summed E-state index contributed by atoms with van der Waals surface area (Å²) in [5, 5.41) is 16.3. The first-order valence-electron chi connectivity index (χ1n) is 15.6. The fraction of sp³-hybridized carbons (Fsp3) is 0.485. The van der Waals surface area contributed by atoms with E-state index in [0.717, 1.165) is 19.4 Å². The minimum absolute atomic E-state index is 0.182. The molecule has 0 saturated heterocycles. The Labute approximate surface area is 279 Å². The smallest absolute Gasteiger partial charge is 0.243 e. The molecule has 2 aromatic carbocycles. The van der Waals surface area contributed by atoms with Crippen molar-refractivity contribution >= 4 is 29.6 Å². The van der Waals surface area contributed by atoms with Crippen LogP contribution in [-0.4, -0.2) is 73.5 Å². The third kappa shape index (κ3) is 25.2. The van der Waals surface area contributed by atoms with Gasteiger partial charge in [0.15, 0.2) is 5.96 Å². The zero-order valence-electron chi connectivity index (χ0n) is 28.6. The number of nitrogens with zero attached hydrogens (tertiary/aromatic N) is 1. The van der Waals surface area contributed by atoms with E-state index < -0.39 is 29.7 Å². The van der Waals surface area contributed by atoms with Crippen LogP contribution in [0, 0.1) is 20.8 Å². The van der Waals surface area contributed by atoms with Crippen LogP contribution in [0.3, 0.4) is 0 Å². The van der Waals surface area contributed by atoms with Crippen LogP contribution in [-0.2, 0) is 25.6 Å². The molecular weight excluding hydrogens is 602 g/mol. The zero-order valence-corrected chi connectivity index (χ0v) is 28.6. The van der Waals surface area contributed by atoms with Crippen LogP contribution in [0.5, 0.6) is 5.75 Å². The van der Waals surface area contributed by atoms with Gasteiger partial charge in [-0.2, -0.15) is 0 Å². The molecule has 1 unspecified atom stereocenters. The Kier molecular flexibility index (Phi) is 26.1. The van der Waals surface area contributed by atoms with Crippen molar-refractivity contribution in [2.45, 2.75) is 72.8 Å². The van der Waals surface area contributed by atoms with Crippen molar-refractivity contribution in [3.8, 4) is 5.75 Å². The Morgan fingerprint density at radius 3 is 1.85 bits per heavy atom. The van der Waals surface area contributed by atoms with Crippen LogP contribution in [0.1, 0.15) is 61.8 Å². The highest BCUT2D eigenvalue weighted by Gasteiger charge is 2.20. The Bertz CT molecular complexity index is 1200. The minimum atomic E-state index is -0.826. The number of aliphatic imine (C=N–C) groups is 1. The Morgan fingerprint density at radius 1 is 0.851 bits per heavy atom. The largest absolute Gasteiger partial charge is 0.508 e. The highest BCUT2D eigenvalue weighted by Crippen LogP contribution is 2.20. The van der Waals surface area contributed by atoms with Gasteiger partial charge in [0.25, 0.3) is 0 Å². The number of nitrogens with two attached hydrogens (primary N) is 5. The summed E-state index contributed by atoms with van der Waals surface area (Å²) in [6, 6.07) is 13.1. The Hall–Kier alpha value is -4.69. The quantitative estimate of drug-likeness (QED) is 0.0776. The number of amides is 4. The number of aromatic hydroxyl groups is 1.